The molecule has 0 saturated carbocycles. The van der Waals surface area contributed by atoms with Gasteiger partial charge in [-0.2, -0.15) is 4.98 Å². The number of ether oxygens (including phenoxy) is 1. The van der Waals surface area contributed by atoms with Crippen molar-refractivity contribution in [1.82, 2.24) is 24.8 Å². The third-order valence-electron chi connectivity index (χ3n) is 9.37. The van der Waals surface area contributed by atoms with Gasteiger partial charge in [-0.25, -0.2) is 9.97 Å². The van der Waals surface area contributed by atoms with Gasteiger partial charge in [-0.05, 0) is 74.9 Å². The number of benzene rings is 2. The molecule has 0 atom stereocenters. The zero-order valence-corrected chi connectivity index (χ0v) is 29.3. The van der Waals surface area contributed by atoms with Crippen molar-refractivity contribution in [3.63, 3.8) is 0 Å². The first-order valence-corrected chi connectivity index (χ1v) is 19.1. The van der Waals surface area contributed by atoms with E-state index >= 15 is 0 Å². The average Bonchev–Trinajstić information content (AvgIpc) is 3.61. The Labute approximate surface area is 278 Å². The fourth-order valence-corrected chi connectivity index (χ4v) is 7.74. The number of rotatable bonds is 10. The quantitative estimate of drug-likeness (QED) is 0.192. The Morgan fingerprint density at radius 2 is 1.79 bits per heavy atom. The molecule has 13 heteroatoms. The van der Waals surface area contributed by atoms with Crippen LogP contribution in [0.4, 0.5) is 28.8 Å². The van der Waals surface area contributed by atoms with Crippen LogP contribution in [0.5, 0.6) is 5.75 Å². The molecule has 11 nitrogen and oxygen atoms in total. The van der Waals surface area contributed by atoms with Crippen molar-refractivity contribution < 1.29 is 13.7 Å². The van der Waals surface area contributed by atoms with Crippen molar-refractivity contribution in [3.8, 4) is 17.2 Å². The maximum atomic E-state index is 13.4. The number of hydrogen-bond donors (Lipinski definition) is 2. The van der Waals surface area contributed by atoms with Crippen molar-refractivity contribution >= 4 is 54.6 Å². The number of hydrogen-bond acceptors (Lipinski definition) is 11. The van der Waals surface area contributed by atoms with Crippen molar-refractivity contribution in [2.45, 2.75) is 32.2 Å². The number of piperidine rings is 1. The van der Waals surface area contributed by atoms with Gasteiger partial charge in [0, 0.05) is 74.1 Å². The predicted molar refractivity (Wildman–Crippen MR) is 194 cm³/mol. The van der Waals surface area contributed by atoms with Crippen molar-refractivity contribution in [2.75, 3.05) is 82.3 Å². The molecule has 0 bridgehead atoms. The van der Waals surface area contributed by atoms with Crippen molar-refractivity contribution in [1.29, 1.82) is 0 Å². The van der Waals surface area contributed by atoms with E-state index in [0.717, 1.165) is 55.1 Å². The van der Waals surface area contributed by atoms with Crippen LogP contribution in [-0.4, -0.2) is 105 Å². The van der Waals surface area contributed by atoms with Crippen LogP contribution in [0.2, 0.25) is 0 Å². The molecule has 2 aliphatic heterocycles. The summed E-state index contributed by atoms with van der Waals surface area (Å²) in [5.74, 6) is 2.29. The van der Waals surface area contributed by atoms with Gasteiger partial charge in [0.1, 0.15) is 32.8 Å². The smallest absolute Gasteiger partial charge is 0.229 e. The molecule has 2 aromatic carbocycles. The first-order valence-electron chi connectivity index (χ1n) is 16.5. The minimum atomic E-state index is -2.67. The van der Waals surface area contributed by atoms with Gasteiger partial charge in [0.15, 0.2) is 0 Å². The van der Waals surface area contributed by atoms with E-state index in [1.807, 2.05) is 26.0 Å². The van der Waals surface area contributed by atoms with Crippen LogP contribution in [-0.2, 0) is 11.0 Å². The molecule has 2 saturated heterocycles. The van der Waals surface area contributed by atoms with E-state index in [-0.39, 0.29) is 0 Å². The van der Waals surface area contributed by atoms with E-state index in [1.165, 1.54) is 43.4 Å². The topological polar surface area (TPSA) is 112 Å². The number of anilines is 5. The zero-order valence-electron chi connectivity index (χ0n) is 28.4. The lowest BCUT2D eigenvalue weighted by atomic mass is 9.99. The van der Waals surface area contributed by atoms with Gasteiger partial charge < -0.3 is 34.2 Å². The minimum Gasteiger partial charge on any atom is -0.494 e. The number of nitrogens with one attached hydrogen (secondary N) is 2. The second kappa shape index (κ2) is 14.1. The van der Waals surface area contributed by atoms with Crippen LogP contribution in [0.15, 0.2) is 53.4 Å². The molecule has 0 radical (unpaired) electrons. The molecule has 2 N–H and O–H groups in total. The van der Waals surface area contributed by atoms with Gasteiger partial charge >= 0.3 is 0 Å². The normalized spacial score (nSPS) is 16.7. The Bertz CT molecular complexity index is 1730. The third-order valence-corrected chi connectivity index (χ3v) is 10.9. The molecule has 2 fully saturated rings. The van der Waals surface area contributed by atoms with E-state index < -0.39 is 7.14 Å². The summed E-state index contributed by atoms with van der Waals surface area (Å²) < 4.78 is 24.7. The molecule has 6 rings (SSSR count). The van der Waals surface area contributed by atoms with Crippen LogP contribution in [0.1, 0.15) is 25.3 Å². The maximum Gasteiger partial charge on any atom is 0.229 e. The van der Waals surface area contributed by atoms with Gasteiger partial charge in [-0.15, -0.1) is 0 Å². The third kappa shape index (κ3) is 7.50. The Hall–Kier alpha value is -3.86. The molecule has 0 unspecified atom stereocenters. The summed E-state index contributed by atoms with van der Waals surface area (Å²) in [6.07, 6.45) is 8.16. The first-order chi connectivity index (χ1) is 22.6. The Balaban J connectivity index is 1.21. The van der Waals surface area contributed by atoms with Crippen LogP contribution in [0.3, 0.4) is 0 Å². The number of oxazole rings is 1. The molecular formula is C34H46BN8O3P. The van der Waals surface area contributed by atoms with Crippen molar-refractivity contribution in [2.24, 2.45) is 0 Å². The fraction of sp³-hybridized carbons (Fsp3) is 0.441. The lowest BCUT2D eigenvalue weighted by Gasteiger charge is -2.43. The lowest BCUT2D eigenvalue weighted by Crippen LogP contribution is -2.52. The first kappa shape index (κ1) is 33.1. The summed E-state index contributed by atoms with van der Waals surface area (Å²) >= 11 is 0. The minimum absolute atomic E-state index is 0.438. The van der Waals surface area contributed by atoms with Crippen LogP contribution >= 0.6 is 7.14 Å². The Morgan fingerprint density at radius 3 is 2.45 bits per heavy atom. The molecule has 47 heavy (non-hydrogen) atoms. The standard InChI is InChI=1S/C34H46BN8O3P/c1-6-23-19-28(30(45-3)21-29(23)43-12-9-25(10-13-43)42-16-14-41(2)15-17-42)39-34-37-22-26(35)32(40-34)38-27-8-7-24(33-36-11-18-46-33)20-31(27)47(4,5)44/h7-8,11,18-22,25H,6,9-10,12-17,35H2,1-5H3,(H2,37,38,39,40). The molecule has 2 aliphatic rings. The van der Waals surface area contributed by atoms with Gasteiger partial charge in [-0.3, -0.25) is 4.90 Å². The van der Waals surface area contributed by atoms with Gasteiger partial charge in [-0.1, -0.05) is 6.92 Å². The van der Waals surface area contributed by atoms with Crippen LogP contribution in [0, 0.1) is 0 Å². The van der Waals surface area contributed by atoms with Crippen LogP contribution < -0.4 is 31.0 Å². The Kier molecular flexibility index (Phi) is 9.92. The fourth-order valence-electron chi connectivity index (χ4n) is 6.58. The van der Waals surface area contributed by atoms with Gasteiger partial charge in [0.25, 0.3) is 0 Å². The molecule has 0 spiro atoms. The van der Waals surface area contributed by atoms with E-state index in [2.05, 4.69) is 61.4 Å². The van der Waals surface area contributed by atoms with Gasteiger partial charge in [0.05, 0.1) is 24.7 Å². The number of aromatic nitrogens is 3. The highest BCUT2D eigenvalue weighted by Gasteiger charge is 2.28. The number of likely N-dealkylation sites (N-methyl/N-ethyl adjacent to an activating group) is 1. The lowest BCUT2D eigenvalue weighted by molar-refractivity contribution is 0.0982. The summed E-state index contributed by atoms with van der Waals surface area (Å²) in [5.41, 5.74) is 5.66. The second-order valence-corrected chi connectivity index (χ2v) is 16.2. The van der Waals surface area contributed by atoms with E-state index in [0.29, 0.717) is 34.7 Å². The summed E-state index contributed by atoms with van der Waals surface area (Å²) in [6.45, 7) is 12.4. The second-order valence-electron chi connectivity index (χ2n) is 13.0. The largest absolute Gasteiger partial charge is 0.494 e. The summed E-state index contributed by atoms with van der Waals surface area (Å²) in [6, 6.07) is 10.7. The molecule has 4 aromatic rings. The maximum absolute atomic E-state index is 13.4. The van der Waals surface area contributed by atoms with E-state index in [9.17, 15) is 4.57 Å². The molecular weight excluding hydrogens is 610 g/mol. The molecule has 0 aliphatic carbocycles. The number of piperazine rings is 1. The molecule has 0 amide bonds. The van der Waals surface area contributed by atoms with E-state index in [1.54, 1.807) is 32.8 Å². The number of nitrogens with zero attached hydrogens (tertiary/aromatic N) is 6. The highest BCUT2D eigenvalue weighted by atomic mass is 31.2. The average molecular weight is 657 g/mol. The zero-order chi connectivity index (χ0) is 33.1. The molecule has 4 heterocycles. The molecule has 2 aromatic heterocycles. The summed E-state index contributed by atoms with van der Waals surface area (Å²) in [7, 11) is 3.20. The monoisotopic (exact) mass is 656 g/mol. The number of aryl methyl sites for hydroxylation is 1. The van der Waals surface area contributed by atoms with Gasteiger partial charge in [0.2, 0.25) is 11.8 Å². The van der Waals surface area contributed by atoms with E-state index in [4.69, 9.17) is 14.1 Å². The summed E-state index contributed by atoms with van der Waals surface area (Å²) in [5, 5.41) is 7.53. The van der Waals surface area contributed by atoms with Crippen molar-refractivity contribution in [3.05, 3.63) is 54.6 Å². The Morgan fingerprint density at radius 1 is 1.02 bits per heavy atom. The summed E-state index contributed by atoms with van der Waals surface area (Å²) in [4.78, 5) is 21.3. The highest BCUT2D eigenvalue weighted by molar-refractivity contribution is 7.70. The number of methoxy groups -OCH3 is 1. The SMILES string of the molecule is Bc1cnc(Nc2cc(CC)c(N3CCC(N4CCN(C)CC4)CC3)cc2OC)nc1Nc1ccc(-c2ncco2)cc1P(C)(C)=O. The van der Waals surface area contributed by atoms with Crippen LogP contribution in [0.25, 0.3) is 11.5 Å². The predicted octanol–water partition coefficient (Wildman–Crippen LogP) is 3.91. The highest BCUT2D eigenvalue weighted by Crippen LogP contribution is 2.40. The molecule has 248 valence electrons.